The summed E-state index contributed by atoms with van der Waals surface area (Å²) in [5.41, 5.74) is 11.6. The lowest BCUT2D eigenvalue weighted by molar-refractivity contribution is -0.123. The number of nitrogens with one attached hydrogen (secondary N) is 1. The van der Waals surface area contributed by atoms with Crippen molar-refractivity contribution in [3.63, 3.8) is 0 Å². The maximum Gasteiger partial charge on any atom is 0.273 e. The lowest BCUT2D eigenvalue weighted by Crippen LogP contribution is -2.44. The van der Waals surface area contributed by atoms with Gasteiger partial charge in [0.1, 0.15) is 16.4 Å². The summed E-state index contributed by atoms with van der Waals surface area (Å²) in [7, 11) is 1.52. The minimum atomic E-state index is -1.20. The number of furan rings is 1. The first kappa shape index (κ1) is 24.9. The molecule has 1 atom stereocenters. The number of methoxy groups -OCH3 is 1. The van der Waals surface area contributed by atoms with Gasteiger partial charge in [-0.25, -0.2) is 0 Å². The average molecular weight is 508 g/mol. The molecule has 0 unspecified atom stereocenters. The Bertz CT molecular complexity index is 1420. The third-order valence-corrected chi connectivity index (χ3v) is 6.39. The molecule has 186 valence electrons. The van der Waals surface area contributed by atoms with Gasteiger partial charge in [0.25, 0.3) is 17.7 Å². The zero-order chi connectivity index (χ0) is 25.8. The molecule has 2 aromatic heterocycles. The van der Waals surface area contributed by atoms with Crippen LogP contribution in [0.15, 0.2) is 59.0 Å². The van der Waals surface area contributed by atoms with Gasteiger partial charge in [-0.1, -0.05) is 36.4 Å². The van der Waals surface area contributed by atoms with Crippen LogP contribution in [0.2, 0.25) is 0 Å². The Morgan fingerprint density at radius 2 is 1.89 bits per heavy atom. The second kappa shape index (κ2) is 10.6. The molecular formula is C25H25N5O5S. The first-order valence-electron chi connectivity index (χ1n) is 11.0. The highest BCUT2D eigenvalue weighted by atomic mass is 32.1. The Morgan fingerprint density at radius 3 is 2.56 bits per heavy atom. The molecule has 0 bridgehead atoms. The van der Waals surface area contributed by atoms with Crippen molar-refractivity contribution in [2.24, 2.45) is 5.73 Å². The lowest BCUT2D eigenvalue weighted by Gasteiger charge is -2.30. The average Bonchev–Trinajstić information content (AvgIpc) is 3.47. The molecule has 0 aliphatic heterocycles. The van der Waals surface area contributed by atoms with Gasteiger partial charge in [-0.15, -0.1) is 0 Å². The maximum atomic E-state index is 14.1. The fourth-order valence-corrected chi connectivity index (χ4v) is 4.61. The van der Waals surface area contributed by atoms with Gasteiger partial charge in [0.2, 0.25) is 0 Å². The predicted molar refractivity (Wildman–Crippen MR) is 137 cm³/mol. The summed E-state index contributed by atoms with van der Waals surface area (Å²) >= 11 is 0.743. The molecule has 10 nitrogen and oxygen atoms in total. The predicted octanol–water partition coefficient (Wildman–Crippen LogP) is 3.03. The van der Waals surface area contributed by atoms with Crippen molar-refractivity contribution in [1.29, 1.82) is 0 Å². The second-order valence-electron chi connectivity index (χ2n) is 7.95. The van der Waals surface area contributed by atoms with Gasteiger partial charge < -0.3 is 25.9 Å². The van der Waals surface area contributed by atoms with Crippen molar-refractivity contribution in [1.82, 2.24) is 9.69 Å². The molecule has 4 rings (SSSR count). The van der Waals surface area contributed by atoms with Crippen LogP contribution in [0.25, 0.3) is 10.8 Å². The number of ether oxygens (including phenoxy) is 1. The van der Waals surface area contributed by atoms with Crippen molar-refractivity contribution in [2.45, 2.75) is 13.0 Å². The standard InChI is InChI=1S/C25H25N5O5S/c1-14-10-11-18(35-14)21(24(32)28-12-13-34-2)30(17-9-5-7-15-6-3-4-8-16(15)17)25(33)22-19(26)20(23(27)31)29-36-22/h3-11,21H,12-13,26H2,1-2H3,(H2,27,31)(H,28,32)/t21-/m1/s1. The summed E-state index contributed by atoms with van der Waals surface area (Å²) in [5, 5.41) is 4.38. The van der Waals surface area contributed by atoms with Crippen LogP contribution in [0.3, 0.4) is 0 Å². The number of aromatic nitrogens is 1. The van der Waals surface area contributed by atoms with E-state index >= 15 is 0 Å². The van der Waals surface area contributed by atoms with E-state index in [1.165, 1.54) is 12.0 Å². The molecule has 0 radical (unpaired) electrons. The minimum Gasteiger partial charge on any atom is -0.464 e. The van der Waals surface area contributed by atoms with Crippen molar-refractivity contribution in [3.05, 3.63) is 76.7 Å². The number of nitrogens with zero attached hydrogens (tertiary/aromatic N) is 2. The number of amides is 3. The number of rotatable bonds is 9. The quantitative estimate of drug-likeness (QED) is 0.294. The van der Waals surface area contributed by atoms with Crippen LogP contribution in [0.1, 0.15) is 37.7 Å². The fraction of sp³-hybridized carbons (Fsp3) is 0.200. The second-order valence-corrected chi connectivity index (χ2v) is 8.72. The van der Waals surface area contributed by atoms with E-state index in [0.717, 1.165) is 22.3 Å². The van der Waals surface area contributed by atoms with E-state index in [2.05, 4.69) is 9.69 Å². The first-order valence-corrected chi connectivity index (χ1v) is 11.8. The van der Waals surface area contributed by atoms with Gasteiger partial charge in [-0.05, 0) is 42.0 Å². The Kier molecular flexibility index (Phi) is 7.32. The molecule has 5 N–H and O–H groups in total. The monoisotopic (exact) mass is 507 g/mol. The molecule has 0 saturated carbocycles. The molecule has 4 aromatic rings. The van der Waals surface area contributed by atoms with Gasteiger partial charge >= 0.3 is 0 Å². The smallest absolute Gasteiger partial charge is 0.273 e. The highest BCUT2D eigenvalue weighted by Crippen LogP contribution is 2.37. The van der Waals surface area contributed by atoms with E-state index in [4.69, 9.17) is 20.6 Å². The fourth-order valence-electron chi connectivity index (χ4n) is 3.87. The molecule has 3 amide bonds. The molecule has 36 heavy (non-hydrogen) atoms. The molecule has 11 heteroatoms. The Balaban J connectivity index is 1.93. The summed E-state index contributed by atoms with van der Waals surface area (Å²) in [6.45, 7) is 2.24. The van der Waals surface area contributed by atoms with E-state index in [1.807, 2.05) is 30.3 Å². The van der Waals surface area contributed by atoms with E-state index in [1.54, 1.807) is 31.2 Å². The third-order valence-electron chi connectivity index (χ3n) is 5.54. The Labute approximate surface area is 211 Å². The molecule has 2 heterocycles. The lowest BCUT2D eigenvalue weighted by atomic mass is 10.0. The molecular weight excluding hydrogens is 482 g/mol. The molecule has 2 aromatic carbocycles. The number of anilines is 2. The van der Waals surface area contributed by atoms with Crippen LogP contribution in [0.5, 0.6) is 0 Å². The normalized spacial score (nSPS) is 11.8. The van der Waals surface area contributed by atoms with Crippen molar-refractivity contribution < 1.29 is 23.5 Å². The van der Waals surface area contributed by atoms with E-state index < -0.39 is 23.8 Å². The number of hydrogen-bond acceptors (Lipinski definition) is 8. The molecule has 0 aliphatic rings. The molecule has 0 aliphatic carbocycles. The van der Waals surface area contributed by atoms with Crippen LogP contribution in [0, 0.1) is 6.92 Å². The number of carbonyl (C=O) groups is 3. The Morgan fingerprint density at radius 1 is 1.14 bits per heavy atom. The maximum absolute atomic E-state index is 14.1. The number of primary amides is 1. The summed E-state index contributed by atoms with van der Waals surface area (Å²) < 4.78 is 14.9. The number of carbonyl (C=O) groups excluding carboxylic acids is 3. The highest BCUT2D eigenvalue weighted by Gasteiger charge is 2.38. The van der Waals surface area contributed by atoms with Gasteiger partial charge in [0.05, 0.1) is 18.0 Å². The summed E-state index contributed by atoms with van der Waals surface area (Å²) in [5.74, 6) is -1.15. The van der Waals surface area contributed by atoms with Gasteiger partial charge in [-0.3, -0.25) is 19.3 Å². The number of nitrogens with two attached hydrogens (primary N) is 2. The van der Waals surface area contributed by atoms with Crippen LogP contribution in [-0.4, -0.2) is 42.4 Å². The van der Waals surface area contributed by atoms with Gasteiger partial charge in [-0.2, -0.15) is 4.37 Å². The number of fused-ring (bicyclic) bond motifs is 1. The number of aryl methyl sites for hydroxylation is 1. The largest absolute Gasteiger partial charge is 0.464 e. The highest BCUT2D eigenvalue weighted by molar-refractivity contribution is 7.09. The first-order chi connectivity index (χ1) is 17.3. The number of hydrogen-bond donors (Lipinski definition) is 3. The van der Waals surface area contributed by atoms with Crippen LogP contribution in [0.4, 0.5) is 11.4 Å². The molecule has 0 spiro atoms. The summed E-state index contributed by atoms with van der Waals surface area (Å²) in [6.07, 6.45) is 0. The Hall–Kier alpha value is -4.22. The minimum absolute atomic E-state index is 0.0188. The summed E-state index contributed by atoms with van der Waals surface area (Å²) in [4.78, 5) is 40.7. The SMILES string of the molecule is COCCNC(=O)[C@@H](c1ccc(C)o1)N(C(=O)c1snc(C(N)=O)c1N)c1cccc2ccccc12. The molecule has 0 saturated heterocycles. The van der Waals surface area contributed by atoms with Gasteiger partial charge in [0.15, 0.2) is 11.7 Å². The van der Waals surface area contributed by atoms with Crippen LogP contribution in [-0.2, 0) is 9.53 Å². The number of benzene rings is 2. The van der Waals surface area contributed by atoms with Crippen molar-refractivity contribution >= 4 is 51.4 Å². The summed E-state index contributed by atoms with van der Waals surface area (Å²) in [6, 6.07) is 15.0. The zero-order valence-corrected chi connectivity index (χ0v) is 20.5. The third kappa shape index (κ3) is 4.79. The van der Waals surface area contributed by atoms with Crippen LogP contribution < -0.4 is 21.7 Å². The topological polar surface area (TPSA) is 154 Å². The van der Waals surface area contributed by atoms with E-state index in [-0.39, 0.29) is 35.2 Å². The molecule has 0 fully saturated rings. The van der Waals surface area contributed by atoms with Gasteiger partial charge in [0, 0.05) is 19.0 Å². The zero-order valence-electron chi connectivity index (χ0n) is 19.7. The van der Waals surface area contributed by atoms with Crippen molar-refractivity contribution in [3.8, 4) is 0 Å². The van der Waals surface area contributed by atoms with Crippen molar-refractivity contribution in [2.75, 3.05) is 30.9 Å². The van der Waals surface area contributed by atoms with E-state index in [9.17, 15) is 14.4 Å². The number of nitrogen functional groups attached to an aromatic ring is 1. The van der Waals surface area contributed by atoms with Crippen LogP contribution >= 0.6 is 11.5 Å². The van der Waals surface area contributed by atoms with E-state index in [0.29, 0.717) is 11.4 Å².